The molecule has 1 aromatic heterocycles. The molecule has 2 heterocycles. The molecular formula is C22H28N2O5S2. The lowest BCUT2D eigenvalue weighted by atomic mass is 10.1. The Morgan fingerprint density at radius 1 is 1.16 bits per heavy atom. The van der Waals surface area contributed by atoms with Gasteiger partial charge in [-0.15, -0.1) is 11.3 Å². The number of rotatable bonds is 10. The fraction of sp³-hybridized carbons (Fsp3) is 0.455. The maximum atomic E-state index is 13.1. The van der Waals surface area contributed by atoms with E-state index in [4.69, 9.17) is 0 Å². The molecular weight excluding hydrogens is 436 g/mol. The third-order valence-corrected chi connectivity index (χ3v) is 8.19. The van der Waals surface area contributed by atoms with Crippen molar-refractivity contribution in [1.29, 1.82) is 0 Å². The van der Waals surface area contributed by atoms with Gasteiger partial charge in [0.05, 0.1) is 12.0 Å². The monoisotopic (exact) mass is 464 g/mol. The van der Waals surface area contributed by atoms with Gasteiger partial charge in [0.25, 0.3) is 5.91 Å². The van der Waals surface area contributed by atoms with Gasteiger partial charge in [-0.3, -0.25) is 9.59 Å². The Bertz CT molecular complexity index is 1020. The van der Waals surface area contributed by atoms with Crippen LogP contribution in [-0.4, -0.2) is 44.8 Å². The van der Waals surface area contributed by atoms with E-state index in [1.165, 1.54) is 28.4 Å². The van der Waals surface area contributed by atoms with Crippen LogP contribution in [0.4, 0.5) is 0 Å². The molecule has 0 bridgehead atoms. The first-order valence-corrected chi connectivity index (χ1v) is 12.7. The normalized spacial score (nSPS) is 14.1. The molecule has 0 aliphatic carbocycles. The summed E-state index contributed by atoms with van der Waals surface area (Å²) in [4.78, 5) is 24.9. The molecule has 0 saturated heterocycles. The van der Waals surface area contributed by atoms with Crippen molar-refractivity contribution in [1.82, 2.24) is 9.62 Å². The molecule has 168 valence electrons. The average molecular weight is 465 g/mol. The number of methoxy groups -OCH3 is 1. The molecule has 0 radical (unpaired) electrons. The van der Waals surface area contributed by atoms with Gasteiger partial charge in [0, 0.05) is 36.5 Å². The molecule has 31 heavy (non-hydrogen) atoms. The second-order valence-electron chi connectivity index (χ2n) is 7.48. The fourth-order valence-corrected chi connectivity index (χ4v) is 5.88. The Morgan fingerprint density at radius 3 is 2.77 bits per heavy atom. The molecule has 9 heteroatoms. The summed E-state index contributed by atoms with van der Waals surface area (Å²) in [5, 5.41) is 4.83. The summed E-state index contributed by atoms with van der Waals surface area (Å²) in [6, 6.07) is 8.19. The first kappa shape index (κ1) is 23.4. The summed E-state index contributed by atoms with van der Waals surface area (Å²) >= 11 is 1.66. The third kappa shape index (κ3) is 6.15. The highest BCUT2D eigenvalue weighted by Gasteiger charge is 2.29. The van der Waals surface area contributed by atoms with E-state index in [1.807, 2.05) is 11.4 Å². The molecule has 0 unspecified atom stereocenters. The summed E-state index contributed by atoms with van der Waals surface area (Å²) in [5.41, 5.74) is 1.39. The van der Waals surface area contributed by atoms with Crippen molar-refractivity contribution >= 4 is 33.2 Å². The number of fused-ring (bicyclic) bond motifs is 1. The lowest BCUT2D eigenvalue weighted by Crippen LogP contribution is -2.35. The molecule has 0 fully saturated rings. The van der Waals surface area contributed by atoms with E-state index in [0.29, 0.717) is 38.0 Å². The number of benzene rings is 1. The Hall–Kier alpha value is -2.23. The van der Waals surface area contributed by atoms with Gasteiger partial charge in [-0.1, -0.05) is 18.9 Å². The largest absolute Gasteiger partial charge is 0.469 e. The summed E-state index contributed by atoms with van der Waals surface area (Å²) in [6.07, 6.45) is 4.47. The van der Waals surface area contributed by atoms with Gasteiger partial charge in [-0.05, 0) is 54.5 Å². The highest BCUT2D eigenvalue weighted by atomic mass is 32.2. The number of hydrogen-bond acceptors (Lipinski definition) is 6. The minimum absolute atomic E-state index is 0.140. The fourth-order valence-electron chi connectivity index (χ4n) is 3.53. The highest BCUT2D eigenvalue weighted by Crippen LogP contribution is 2.28. The molecule has 1 amide bonds. The van der Waals surface area contributed by atoms with Crippen LogP contribution in [0.3, 0.4) is 0 Å². The van der Waals surface area contributed by atoms with Crippen molar-refractivity contribution in [2.45, 2.75) is 50.0 Å². The number of unbranched alkanes of at least 4 members (excludes halogenated alkanes) is 3. The minimum atomic E-state index is -3.66. The van der Waals surface area contributed by atoms with E-state index in [-0.39, 0.29) is 16.8 Å². The molecule has 0 atom stereocenters. The zero-order chi connectivity index (χ0) is 22.3. The Labute approximate surface area is 187 Å². The van der Waals surface area contributed by atoms with Gasteiger partial charge >= 0.3 is 5.97 Å². The van der Waals surface area contributed by atoms with Crippen molar-refractivity contribution in [2.75, 3.05) is 20.2 Å². The van der Waals surface area contributed by atoms with Crippen LogP contribution >= 0.6 is 11.3 Å². The standard InChI is InChI=1S/C22H28N2O5S2/c1-29-21(25)9-4-2-3-5-12-23-22(26)17-7-6-8-19(15-17)31(27,28)24-13-10-20-18(16-24)11-14-30-20/h6-8,11,14-15H,2-5,9-10,12-13,16H2,1H3,(H,23,26). The Kier molecular flexibility index (Phi) is 8.22. The lowest BCUT2D eigenvalue weighted by molar-refractivity contribution is -0.140. The van der Waals surface area contributed by atoms with Crippen molar-refractivity contribution in [3.8, 4) is 0 Å². The van der Waals surface area contributed by atoms with E-state index < -0.39 is 10.0 Å². The highest BCUT2D eigenvalue weighted by molar-refractivity contribution is 7.89. The number of thiophene rings is 1. The number of carbonyl (C=O) groups is 2. The summed E-state index contributed by atoms with van der Waals surface area (Å²) in [5.74, 6) is -0.492. The summed E-state index contributed by atoms with van der Waals surface area (Å²) in [6.45, 7) is 1.32. The van der Waals surface area contributed by atoms with Gasteiger partial charge in [-0.2, -0.15) is 4.31 Å². The smallest absolute Gasteiger partial charge is 0.305 e. The third-order valence-electron chi connectivity index (χ3n) is 5.33. The van der Waals surface area contributed by atoms with Gasteiger partial charge in [0.1, 0.15) is 0 Å². The van der Waals surface area contributed by atoms with Crippen molar-refractivity contribution < 1.29 is 22.7 Å². The van der Waals surface area contributed by atoms with Gasteiger partial charge in [-0.25, -0.2) is 8.42 Å². The zero-order valence-corrected chi connectivity index (χ0v) is 19.3. The second-order valence-corrected chi connectivity index (χ2v) is 10.4. The van der Waals surface area contributed by atoms with E-state index >= 15 is 0 Å². The lowest BCUT2D eigenvalue weighted by Gasteiger charge is -2.26. The number of ether oxygens (including phenoxy) is 1. The van der Waals surface area contributed by atoms with Crippen LogP contribution in [0.25, 0.3) is 0 Å². The van der Waals surface area contributed by atoms with E-state index in [0.717, 1.165) is 31.2 Å². The molecule has 1 aliphatic rings. The molecule has 2 aromatic rings. The predicted octanol–water partition coefficient (Wildman–Crippen LogP) is 3.35. The number of hydrogen-bond donors (Lipinski definition) is 1. The summed E-state index contributed by atoms with van der Waals surface area (Å²) < 4.78 is 32.3. The molecule has 3 rings (SSSR count). The molecule has 1 aliphatic heterocycles. The maximum Gasteiger partial charge on any atom is 0.305 e. The topological polar surface area (TPSA) is 92.8 Å². The molecule has 1 N–H and O–H groups in total. The van der Waals surface area contributed by atoms with Crippen molar-refractivity contribution in [2.24, 2.45) is 0 Å². The first-order valence-electron chi connectivity index (χ1n) is 10.4. The molecule has 0 spiro atoms. The van der Waals surface area contributed by atoms with Gasteiger partial charge in [0.15, 0.2) is 0 Å². The Morgan fingerprint density at radius 2 is 1.97 bits per heavy atom. The number of amides is 1. The molecule has 1 aromatic carbocycles. The Balaban J connectivity index is 1.51. The number of sulfonamides is 1. The maximum absolute atomic E-state index is 13.1. The van der Waals surface area contributed by atoms with Crippen LogP contribution in [0.1, 0.15) is 52.9 Å². The number of carbonyl (C=O) groups excluding carboxylic acids is 2. The van der Waals surface area contributed by atoms with Crippen molar-refractivity contribution in [3.05, 3.63) is 51.7 Å². The first-order chi connectivity index (χ1) is 14.9. The number of esters is 1. The quantitative estimate of drug-likeness (QED) is 0.430. The van der Waals surface area contributed by atoms with Crippen LogP contribution in [0.2, 0.25) is 0 Å². The van der Waals surface area contributed by atoms with E-state index in [2.05, 4.69) is 10.1 Å². The van der Waals surface area contributed by atoms with Gasteiger partial charge in [0.2, 0.25) is 10.0 Å². The number of nitrogens with one attached hydrogen (secondary N) is 1. The zero-order valence-electron chi connectivity index (χ0n) is 17.6. The van der Waals surface area contributed by atoms with Gasteiger partial charge < -0.3 is 10.1 Å². The number of nitrogens with zero attached hydrogens (tertiary/aromatic N) is 1. The second kappa shape index (κ2) is 10.9. The minimum Gasteiger partial charge on any atom is -0.469 e. The SMILES string of the molecule is COC(=O)CCCCCCNC(=O)c1cccc(S(=O)(=O)N2CCc3sccc3C2)c1. The average Bonchev–Trinajstić information content (AvgIpc) is 3.26. The molecule has 0 saturated carbocycles. The summed E-state index contributed by atoms with van der Waals surface area (Å²) in [7, 11) is -2.28. The van der Waals surface area contributed by atoms with E-state index in [9.17, 15) is 18.0 Å². The van der Waals surface area contributed by atoms with E-state index in [1.54, 1.807) is 23.5 Å². The van der Waals surface area contributed by atoms with Crippen LogP contribution in [0.15, 0.2) is 40.6 Å². The van der Waals surface area contributed by atoms with Crippen LogP contribution < -0.4 is 5.32 Å². The predicted molar refractivity (Wildman–Crippen MR) is 119 cm³/mol. The molecule has 7 nitrogen and oxygen atoms in total. The van der Waals surface area contributed by atoms with Crippen LogP contribution in [-0.2, 0) is 32.5 Å². The van der Waals surface area contributed by atoms with Crippen molar-refractivity contribution in [3.63, 3.8) is 0 Å². The van der Waals surface area contributed by atoms with Crippen LogP contribution in [0, 0.1) is 0 Å². The van der Waals surface area contributed by atoms with Crippen LogP contribution in [0.5, 0.6) is 0 Å².